The molecule has 0 spiro atoms. The number of phenolic OH excluding ortho intramolecular Hbond substituents is 1. The molecule has 0 radical (unpaired) electrons. The summed E-state index contributed by atoms with van der Waals surface area (Å²) in [4.78, 5) is 175. The molecule has 0 unspecified atom stereocenters. The summed E-state index contributed by atoms with van der Waals surface area (Å²) in [6, 6.07) is 6.78. The molecular formula is C77H116N18O14S. The minimum absolute atomic E-state index is 0.0381. The van der Waals surface area contributed by atoms with Crippen LogP contribution in [0.1, 0.15) is 143 Å². The summed E-state index contributed by atoms with van der Waals surface area (Å²) in [5.41, 5.74) is 21.4. The maximum absolute atomic E-state index is 14.6. The largest absolute Gasteiger partial charge is 0.508 e. The van der Waals surface area contributed by atoms with Gasteiger partial charge in [0.25, 0.3) is 0 Å². The predicted molar refractivity (Wildman–Crippen MR) is 422 cm³/mol. The average molecular weight is 1550 g/mol. The highest BCUT2D eigenvalue weighted by atomic mass is 32.2. The van der Waals surface area contributed by atoms with E-state index in [-0.39, 0.29) is 94.4 Å². The lowest BCUT2D eigenvalue weighted by molar-refractivity contribution is -0.142. The van der Waals surface area contributed by atoms with E-state index in [4.69, 9.17) is 22.6 Å². The topological polar surface area (TPSA) is 523 Å². The lowest BCUT2D eigenvalue weighted by atomic mass is 9.95. The molecule has 2 heterocycles. The van der Waals surface area contributed by atoms with Crippen molar-refractivity contribution < 1.29 is 67.7 Å². The summed E-state index contributed by atoms with van der Waals surface area (Å²) in [5.74, 6) is -11.1. The zero-order chi connectivity index (χ0) is 81.3. The second kappa shape index (κ2) is 45.6. The molecule has 11 amide bonds. The number of phenols is 1. The molecule has 0 fully saturated rings. The molecule has 0 bridgehead atoms. The van der Waals surface area contributed by atoms with Crippen LogP contribution in [-0.4, -0.2) is 195 Å². The molecule has 5 aromatic rings. The highest BCUT2D eigenvalue weighted by Gasteiger charge is 2.38. The van der Waals surface area contributed by atoms with Crippen LogP contribution in [0.2, 0.25) is 0 Å². The van der Waals surface area contributed by atoms with E-state index in [0.29, 0.717) is 42.6 Å². The number of para-hydroxylation sites is 2. The number of nitrogens with two attached hydrogens (primary N) is 3. The number of guanidine groups is 1. The predicted octanol–water partition coefficient (Wildman–Crippen LogP) is 2.11. The van der Waals surface area contributed by atoms with Crippen molar-refractivity contribution in [3.05, 3.63) is 102 Å². The molecule has 0 aliphatic heterocycles. The maximum atomic E-state index is 14.6. The number of rotatable bonds is 48. The van der Waals surface area contributed by atoms with Gasteiger partial charge in [-0.3, -0.25) is 58.1 Å². The van der Waals surface area contributed by atoms with Crippen LogP contribution in [-0.2, 0) is 76.8 Å². The Labute approximate surface area is 646 Å². The molecule has 110 heavy (non-hydrogen) atoms. The van der Waals surface area contributed by atoms with E-state index >= 15 is 0 Å². The Morgan fingerprint density at radius 2 is 0.936 bits per heavy atom. The normalized spacial score (nSPS) is 14.9. The first-order valence-corrected chi connectivity index (χ1v) is 39.1. The van der Waals surface area contributed by atoms with Crippen molar-refractivity contribution in [1.82, 2.24) is 73.8 Å². The van der Waals surface area contributed by atoms with Gasteiger partial charge in [-0.05, 0) is 148 Å². The molecule has 0 saturated heterocycles. The third kappa shape index (κ3) is 29.3. The zero-order valence-electron chi connectivity index (χ0n) is 64.7. The number of unbranched alkanes of at least 4 members (excludes halogenated alkanes) is 1. The number of thioether (sulfide) groups is 1. The van der Waals surface area contributed by atoms with E-state index in [9.17, 15) is 67.7 Å². The van der Waals surface area contributed by atoms with Crippen LogP contribution >= 0.6 is 11.8 Å². The van der Waals surface area contributed by atoms with Gasteiger partial charge in [0.15, 0.2) is 5.96 Å². The Bertz CT molecular complexity index is 3910. The summed E-state index contributed by atoms with van der Waals surface area (Å²) in [6.45, 7) is 15.4. The third-order valence-corrected chi connectivity index (χ3v) is 19.7. The molecule has 0 aliphatic rings. The molecule has 32 nitrogen and oxygen atoms in total. The van der Waals surface area contributed by atoms with Crippen molar-refractivity contribution in [1.29, 1.82) is 5.41 Å². The highest BCUT2D eigenvalue weighted by Crippen LogP contribution is 2.23. The number of aromatic amines is 2. The number of carboxylic acid groups (broad SMARTS) is 1. The quantitative estimate of drug-likeness (QED) is 0.0151. The molecule has 604 valence electrons. The number of aromatic nitrogens is 2. The summed E-state index contributed by atoms with van der Waals surface area (Å²) in [7, 11) is 0. The van der Waals surface area contributed by atoms with Crippen molar-refractivity contribution in [2.45, 2.75) is 212 Å². The Hall–Kier alpha value is -10.3. The number of aliphatic carboxylic acids is 1. The smallest absolute Gasteiger partial charge is 0.326 e. The molecule has 0 aliphatic carbocycles. The molecule has 0 saturated carbocycles. The number of H-pyrrole nitrogens is 2. The Kier molecular flexibility index (Phi) is 37.5. The van der Waals surface area contributed by atoms with Crippen LogP contribution in [0.5, 0.6) is 5.75 Å². The van der Waals surface area contributed by atoms with E-state index in [2.05, 4.69) is 73.8 Å². The number of carbonyl (C=O) groups is 12. The molecular weight excluding hydrogens is 1430 g/mol. The van der Waals surface area contributed by atoms with Crippen molar-refractivity contribution >= 4 is 110 Å². The SMILES string of the molecule is CC[C@@H](C)[C@@H](NC(=O)CNC(=O)[C@@H](C)NC(=O)[C@@H](CCSC)NC(=O)[C@@H](Cc1ccc(O)cc1)NC(=O)[C@H](NC(=O)[C@@H](CC(C)C)NC(=O)[C@H](N)Cc1c[nH]c2ccccc12)[C@H](C)CC)C(=O)N[C@H](CC(C)C)C(=O)N[C@H](CCCCN)C(=O)N[C@H](CCCNC(=N)N)C(=O)N[C@H](Cc1c[nH]c2ccccc12)C(=O)O. The van der Waals surface area contributed by atoms with E-state index in [0.717, 1.165) is 27.4 Å². The molecule has 3 aromatic carbocycles. The maximum Gasteiger partial charge on any atom is 0.326 e. The van der Waals surface area contributed by atoms with Crippen molar-refractivity contribution in [2.75, 3.05) is 31.6 Å². The van der Waals surface area contributed by atoms with Crippen LogP contribution in [0.15, 0.2) is 85.2 Å². The van der Waals surface area contributed by atoms with E-state index in [1.807, 2.05) is 63.2 Å². The standard InChI is InChI=1S/C77H116N18O14S/c1-11-44(7)64(74(106)91-59(34-42(3)4)71(103)88-56(24-17-18-31-78)69(101)87-57(25-19-32-82-77(80)81)70(102)93-62(76(108)109)38-49-40-84-55-23-16-14-21-52(49)55)94-63(97)41-85-66(98)46(9)86-68(100)58(30-33-110-10)89-72(104)61(36-47-26-28-50(96)29-27-47)92-75(107)65(45(8)12-2)95-73(105)60(35-43(5)6)90-67(99)53(79)37-48-39-83-54-22-15-13-20-51(48)54/h13-16,20-23,26-29,39-40,42-46,53,56-62,64-65,83-84,96H,11-12,17-19,24-25,30-38,41,78-79H2,1-10H3,(H,85,98)(H,86,100)(H,87,101)(H,88,103)(H,89,104)(H,90,99)(H,91,106)(H,92,107)(H,93,102)(H,94,97)(H,95,105)(H,108,109)(H4,80,81,82)/t44-,45-,46-,53-,56-,57-,58-,59-,60-,61-,62-,64-,65-/m1/s1. The second-order valence-electron chi connectivity index (χ2n) is 28.9. The molecule has 5 rings (SSSR count). The molecule has 2 aromatic heterocycles. The lowest BCUT2D eigenvalue weighted by Gasteiger charge is -2.30. The van der Waals surface area contributed by atoms with Gasteiger partial charge in [0.1, 0.15) is 66.2 Å². The van der Waals surface area contributed by atoms with E-state index in [1.165, 1.54) is 30.8 Å². The number of benzene rings is 3. The van der Waals surface area contributed by atoms with Gasteiger partial charge < -0.3 is 101 Å². The van der Waals surface area contributed by atoms with Gasteiger partial charge in [0, 0.05) is 53.6 Å². The van der Waals surface area contributed by atoms with Crippen molar-refractivity contribution in [3.8, 4) is 5.75 Å². The Morgan fingerprint density at radius 3 is 1.45 bits per heavy atom. The van der Waals surface area contributed by atoms with Gasteiger partial charge >= 0.3 is 5.97 Å². The van der Waals surface area contributed by atoms with Crippen LogP contribution in [0.3, 0.4) is 0 Å². The summed E-state index contributed by atoms with van der Waals surface area (Å²) >= 11 is 1.37. The van der Waals surface area contributed by atoms with Gasteiger partial charge in [-0.2, -0.15) is 11.8 Å². The number of aromatic hydroxyl groups is 1. The third-order valence-electron chi connectivity index (χ3n) is 19.1. The minimum Gasteiger partial charge on any atom is -0.508 e. The van der Waals surface area contributed by atoms with Gasteiger partial charge in [-0.15, -0.1) is 0 Å². The number of amides is 11. The fraction of sp³-hybridized carbons (Fsp3) is 0.545. The lowest BCUT2D eigenvalue weighted by Crippen LogP contribution is -2.61. The number of fused-ring (bicyclic) bond motifs is 2. The summed E-state index contributed by atoms with van der Waals surface area (Å²) in [5, 5.41) is 62.0. The van der Waals surface area contributed by atoms with Crippen LogP contribution in [0.25, 0.3) is 21.8 Å². The van der Waals surface area contributed by atoms with Gasteiger partial charge in [0.2, 0.25) is 65.0 Å². The zero-order valence-corrected chi connectivity index (χ0v) is 65.5. The number of hydrogen-bond acceptors (Lipinski definition) is 17. The van der Waals surface area contributed by atoms with Crippen LogP contribution < -0.4 is 81.0 Å². The fourth-order valence-corrected chi connectivity index (χ4v) is 12.8. The molecule has 33 heteroatoms. The number of hydrogen-bond donors (Lipinski definition) is 20. The number of carboxylic acids is 1. The number of nitrogens with one attached hydrogen (secondary N) is 15. The minimum atomic E-state index is -1.42. The molecule has 23 N–H and O–H groups in total. The number of carbonyl (C=O) groups excluding carboxylic acids is 11. The first-order valence-electron chi connectivity index (χ1n) is 37.7. The monoisotopic (exact) mass is 1550 g/mol. The molecule has 13 atom stereocenters. The van der Waals surface area contributed by atoms with Crippen LogP contribution in [0.4, 0.5) is 0 Å². The van der Waals surface area contributed by atoms with Gasteiger partial charge in [-0.1, -0.05) is 117 Å². The van der Waals surface area contributed by atoms with E-state index < -0.39 is 156 Å². The van der Waals surface area contributed by atoms with Gasteiger partial charge in [0.05, 0.1) is 12.6 Å². The summed E-state index contributed by atoms with van der Waals surface area (Å²) < 4.78 is 0. The van der Waals surface area contributed by atoms with Crippen LogP contribution in [0, 0.1) is 29.1 Å². The van der Waals surface area contributed by atoms with Gasteiger partial charge in [-0.25, -0.2) is 4.79 Å². The Morgan fingerprint density at radius 1 is 0.491 bits per heavy atom. The highest BCUT2D eigenvalue weighted by molar-refractivity contribution is 7.98. The van der Waals surface area contributed by atoms with E-state index in [1.54, 1.807) is 71.5 Å². The fourth-order valence-electron chi connectivity index (χ4n) is 12.4. The summed E-state index contributed by atoms with van der Waals surface area (Å²) in [6.07, 6.45) is 7.18. The van der Waals surface area contributed by atoms with Crippen molar-refractivity contribution in [2.24, 2.45) is 40.9 Å². The first-order chi connectivity index (χ1) is 52.3. The second-order valence-corrected chi connectivity index (χ2v) is 29.9. The van der Waals surface area contributed by atoms with Crippen molar-refractivity contribution in [3.63, 3.8) is 0 Å². The average Bonchev–Trinajstić information content (AvgIpc) is 1.64. The first kappa shape index (κ1) is 90.3. The Balaban J connectivity index is 1.25.